The summed E-state index contributed by atoms with van der Waals surface area (Å²) in [6.07, 6.45) is 0. The van der Waals surface area contributed by atoms with Crippen LogP contribution < -0.4 is 20.9 Å². The number of nitrogens with zero attached hydrogens (tertiary/aromatic N) is 2. The Bertz CT molecular complexity index is 950. The van der Waals surface area contributed by atoms with E-state index in [1.54, 1.807) is 0 Å². The highest BCUT2D eigenvalue weighted by molar-refractivity contribution is 7.91. The number of hydrogen-bond donors (Lipinski definition) is 2. The van der Waals surface area contributed by atoms with E-state index in [0.29, 0.717) is 0 Å². The van der Waals surface area contributed by atoms with Crippen LogP contribution in [-0.4, -0.2) is 43.0 Å². The molecule has 0 saturated heterocycles. The van der Waals surface area contributed by atoms with Crippen molar-refractivity contribution in [3.05, 3.63) is 56.6 Å². The lowest BCUT2D eigenvalue weighted by atomic mass is 10.2. The molecular formula is C16H18N4O8S. The summed E-state index contributed by atoms with van der Waals surface area (Å²) >= 11 is 0. The van der Waals surface area contributed by atoms with Gasteiger partial charge in [-0.2, -0.15) is 0 Å². The highest BCUT2D eigenvalue weighted by Gasteiger charge is 2.16. The smallest absolute Gasteiger partial charge is 0.273 e. The van der Waals surface area contributed by atoms with Crippen LogP contribution in [0.15, 0.2) is 36.4 Å². The van der Waals surface area contributed by atoms with Gasteiger partial charge in [0.25, 0.3) is 11.4 Å². The fraction of sp³-hybridized carbons (Fsp3) is 0.250. The number of sulfone groups is 1. The SMILES string of the molecule is Nc1ccc([N+](=O)[O-])cc1OCCS(=O)(=O)CCOc1cc([N+](=O)[O-])ccc1N. The molecule has 2 rings (SSSR count). The molecule has 2 aromatic carbocycles. The Labute approximate surface area is 165 Å². The molecule has 0 bridgehead atoms. The summed E-state index contributed by atoms with van der Waals surface area (Å²) in [5, 5.41) is 21.5. The number of rotatable bonds is 10. The molecule has 0 aliphatic heterocycles. The average molecular weight is 426 g/mol. The standard InChI is InChI=1S/C16H18N4O8S/c17-13-3-1-11(19(21)22)9-15(13)27-5-7-29(25,26)8-6-28-16-10-12(20(23)24)2-4-14(16)18/h1-4,9-10H,5-8,17-18H2. The number of hydrogen-bond acceptors (Lipinski definition) is 10. The molecule has 12 nitrogen and oxygen atoms in total. The summed E-state index contributed by atoms with van der Waals surface area (Å²) in [7, 11) is -3.60. The number of non-ortho nitro benzene ring substituents is 2. The lowest BCUT2D eigenvalue weighted by Crippen LogP contribution is -2.21. The van der Waals surface area contributed by atoms with Crippen molar-refractivity contribution < 1.29 is 27.7 Å². The lowest BCUT2D eigenvalue weighted by molar-refractivity contribution is -0.385. The molecule has 0 saturated carbocycles. The maximum absolute atomic E-state index is 12.1. The van der Waals surface area contributed by atoms with E-state index in [0.717, 1.165) is 12.1 Å². The van der Waals surface area contributed by atoms with Crippen LogP contribution in [0.4, 0.5) is 22.7 Å². The van der Waals surface area contributed by atoms with Gasteiger partial charge in [-0.15, -0.1) is 0 Å². The van der Waals surface area contributed by atoms with Gasteiger partial charge in [-0.1, -0.05) is 0 Å². The fourth-order valence-corrected chi connectivity index (χ4v) is 3.06. The van der Waals surface area contributed by atoms with Crippen molar-refractivity contribution in [1.29, 1.82) is 0 Å². The Balaban J connectivity index is 1.88. The largest absolute Gasteiger partial charge is 0.490 e. The van der Waals surface area contributed by atoms with E-state index in [9.17, 15) is 28.6 Å². The average Bonchev–Trinajstić information content (AvgIpc) is 2.64. The van der Waals surface area contributed by atoms with Gasteiger partial charge in [0.05, 0.1) is 44.9 Å². The fourth-order valence-electron chi connectivity index (χ4n) is 2.18. The van der Waals surface area contributed by atoms with E-state index in [4.69, 9.17) is 20.9 Å². The van der Waals surface area contributed by atoms with Gasteiger partial charge >= 0.3 is 0 Å². The third-order valence-electron chi connectivity index (χ3n) is 3.72. The highest BCUT2D eigenvalue weighted by atomic mass is 32.2. The van der Waals surface area contributed by atoms with Crippen LogP contribution >= 0.6 is 0 Å². The van der Waals surface area contributed by atoms with Crippen LogP contribution in [0.3, 0.4) is 0 Å². The molecule has 2 aromatic rings. The lowest BCUT2D eigenvalue weighted by Gasteiger charge is -2.11. The second-order valence-electron chi connectivity index (χ2n) is 5.81. The van der Waals surface area contributed by atoms with Crippen molar-refractivity contribution in [3.8, 4) is 11.5 Å². The maximum Gasteiger partial charge on any atom is 0.273 e. The van der Waals surface area contributed by atoms with E-state index in [2.05, 4.69) is 0 Å². The summed E-state index contributed by atoms with van der Waals surface area (Å²) in [4.78, 5) is 20.3. The van der Waals surface area contributed by atoms with Gasteiger partial charge in [0.15, 0.2) is 9.84 Å². The van der Waals surface area contributed by atoms with Crippen LogP contribution in [0.1, 0.15) is 0 Å². The summed E-state index contributed by atoms with van der Waals surface area (Å²) in [5.41, 5.74) is 11.1. The molecule has 0 heterocycles. The predicted octanol–water partition coefficient (Wildman–Crippen LogP) is 1.54. The molecule has 0 radical (unpaired) electrons. The molecule has 4 N–H and O–H groups in total. The van der Waals surface area contributed by atoms with Gasteiger partial charge in [0.2, 0.25) is 0 Å². The zero-order valence-electron chi connectivity index (χ0n) is 15.0. The molecule has 156 valence electrons. The molecule has 0 spiro atoms. The van der Waals surface area contributed by atoms with Crippen molar-refractivity contribution in [1.82, 2.24) is 0 Å². The van der Waals surface area contributed by atoms with Gasteiger partial charge < -0.3 is 20.9 Å². The third kappa shape index (κ3) is 6.21. The number of nitro groups is 2. The second kappa shape index (κ2) is 9.05. The predicted molar refractivity (Wildman–Crippen MR) is 105 cm³/mol. The number of anilines is 2. The Morgan fingerprint density at radius 1 is 0.793 bits per heavy atom. The first-order valence-corrected chi connectivity index (χ1v) is 9.95. The summed E-state index contributed by atoms with van der Waals surface area (Å²) < 4.78 is 34.7. The van der Waals surface area contributed by atoms with E-state index in [1.165, 1.54) is 24.3 Å². The van der Waals surface area contributed by atoms with Crippen LogP contribution in [0.2, 0.25) is 0 Å². The van der Waals surface area contributed by atoms with Crippen molar-refractivity contribution in [2.75, 3.05) is 36.2 Å². The van der Waals surface area contributed by atoms with Crippen LogP contribution in [0.5, 0.6) is 11.5 Å². The minimum absolute atomic E-state index is 0.00928. The zero-order valence-corrected chi connectivity index (χ0v) is 15.8. The number of nitrogen functional groups attached to an aromatic ring is 2. The molecule has 0 fully saturated rings. The molecule has 0 amide bonds. The molecule has 0 unspecified atom stereocenters. The highest BCUT2D eigenvalue weighted by Crippen LogP contribution is 2.27. The van der Waals surface area contributed by atoms with Crippen molar-refractivity contribution >= 4 is 32.6 Å². The monoisotopic (exact) mass is 426 g/mol. The molecular weight excluding hydrogens is 408 g/mol. The van der Waals surface area contributed by atoms with Crippen LogP contribution in [-0.2, 0) is 9.84 Å². The topological polar surface area (TPSA) is 191 Å². The molecule has 0 aliphatic carbocycles. The van der Waals surface area contributed by atoms with E-state index >= 15 is 0 Å². The van der Waals surface area contributed by atoms with E-state index in [1.807, 2.05) is 0 Å². The minimum atomic E-state index is -3.60. The van der Waals surface area contributed by atoms with Gasteiger partial charge in [-0.05, 0) is 12.1 Å². The Kier molecular flexibility index (Phi) is 6.77. The van der Waals surface area contributed by atoms with Gasteiger partial charge in [-0.3, -0.25) is 20.2 Å². The Morgan fingerprint density at radius 3 is 1.52 bits per heavy atom. The van der Waals surface area contributed by atoms with E-state index < -0.39 is 19.7 Å². The number of benzene rings is 2. The van der Waals surface area contributed by atoms with Crippen molar-refractivity contribution in [2.24, 2.45) is 0 Å². The summed E-state index contributed by atoms with van der Waals surface area (Å²) in [6.45, 7) is -0.542. The number of nitro benzene ring substituents is 2. The quantitative estimate of drug-likeness (QED) is 0.320. The van der Waals surface area contributed by atoms with Gasteiger partial charge in [0, 0.05) is 12.1 Å². The first kappa shape index (κ1) is 21.7. The first-order chi connectivity index (χ1) is 13.6. The maximum atomic E-state index is 12.1. The number of nitrogens with two attached hydrogens (primary N) is 2. The van der Waals surface area contributed by atoms with Crippen LogP contribution in [0.25, 0.3) is 0 Å². The molecule has 29 heavy (non-hydrogen) atoms. The summed E-state index contributed by atoms with van der Waals surface area (Å²) in [5.74, 6) is -0.753. The van der Waals surface area contributed by atoms with Gasteiger partial charge in [0.1, 0.15) is 24.7 Å². The minimum Gasteiger partial charge on any atom is -0.490 e. The van der Waals surface area contributed by atoms with E-state index in [-0.39, 0.29) is 59.0 Å². The Hall–Kier alpha value is -3.61. The molecule has 0 atom stereocenters. The Morgan fingerprint density at radius 2 is 1.17 bits per heavy atom. The summed E-state index contributed by atoms with van der Waals surface area (Å²) in [6, 6.07) is 7.20. The van der Waals surface area contributed by atoms with Gasteiger partial charge in [-0.25, -0.2) is 8.42 Å². The second-order valence-corrected chi connectivity index (χ2v) is 8.11. The molecule has 0 aliphatic rings. The third-order valence-corrected chi connectivity index (χ3v) is 5.30. The van der Waals surface area contributed by atoms with Crippen molar-refractivity contribution in [3.63, 3.8) is 0 Å². The molecule has 13 heteroatoms. The van der Waals surface area contributed by atoms with Crippen molar-refractivity contribution in [2.45, 2.75) is 0 Å². The molecule has 0 aromatic heterocycles. The van der Waals surface area contributed by atoms with Crippen LogP contribution in [0, 0.1) is 20.2 Å². The number of ether oxygens (including phenoxy) is 2. The normalized spacial score (nSPS) is 11.0. The first-order valence-electron chi connectivity index (χ1n) is 8.13. The zero-order chi connectivity index (χ0) is 21.6.